The largest absolute Gasteiger partial charge is 0.497 e. The topological polar surface area (TPSA) is 87.4 Å². The summed E-state index contributed by atoms with van der Waals surface area (Å²) >= 11 is 7.36. The lowest BCUT2D eigenvalue weighted by Gasteiger charge is -2.21. The zero-order chi connectivity index (χ0) is 24.8. The second-order valence-electron chi connectivity index (χ2n) is 8.35. The van der Waals surface area contributed by atoms with Gasteiger partial charge in [0.25, 0.3) is 5.91 Å². The van der Waals surface area contributed by atoms with Gasteiger partial charge in [-0.05, 0) is 53.6 Å². The molecule has 1 unspecified atom stereocenters. The molecule has 1 aromatic heterocycles. The van der Waals surface area contributed by atoms with E-state index in [9.17, 15) is 9.90 Å². The second-order valence-corrected chi connectivity index (χ2v) is 9.76. The Kier molecular flexibility index (Phi) is 5.55. The van der Waals surface area contributed by atoms with E-state index in [2.05, 4.69) is 9.98 Å². The Bertz CT molecular complexity index is 1650. The summed E-state index contributed by atoms with van der Waals surface area (Å²) in [6.07, 6.45) is 0.622. The first-order valence-electron chi connectivity index (χ1n) is 11.2. The van der Waals surface area contributed by atoms with E-state index in [1.165, 1.54) is 11.3 Å². The first kappa shape index (κ1) is 22.5. The van der Waals surface area contributed by atoms with Crippen LogP contribution in [0.3, 0.4) is 0 Å². The van der Waals surface area contributed by atoms with Crippen LogP contribution in [0.5, 0.6) is 11.6 Å². The summed E-state index contributed by atoms with van der Waals surface area (Å²) in [4.78, 5) is 21.7. The molecule has 1 amide bonds. The molecule has 9 heteroatoms. The Balaban J connectivity index is 1.45. The van der Waals surface area contributed by atoms with Crippen molar-refractivity contribution in [3.05, 3.63) is 104 Å². The van der Waals surface area contributed by atoms with Gasteiger partial charge in [0.2, 0.25) is 11.0 Å². The summed E-state index contributed by atoms with van der Waals surface area (Å²) in [5, 5.41) is 19.9. The number of amides is 1. The first-order valence-corrected chi connectivity index (χ1v) is 12.4. The van der Waals surface area contributed by atoms with Crippen molar-refractivity contribution in [1.29, 1.82) is 0 Å². The number of rotatable bonds is 5. The van der Waals surface area contributed by atoms with Crippen molar-refractivity contribution in [2.24, 2.45) is 10.1 Å². The van der Waals surface area contributed by atoms with Gasteiger partial charge in [0, 0.05) is 16.7 Å². The molecule has 0 saturated heterocycles. The maximum atomic E-state index is 12.7. The molecule has 1 atom stereocenters. The van der Waals surface area contributed by atoms with Gasteiger partial charge in [-0.1, -0.05) is 53.3 Å². The average Bonchev–Trinajstić information content (AvgIpc) is 3.59. The number of fused-ring (bicyclic) bond motifs is 1. The molecule has 0 spiro atoms. The number of hydrogen-bond donors (Lipinski definition) is 1. The number of ether oxygens (including phenoxy) is 1. The number of hydrogen-bond acceptors (Lipinski definition) is 7. The van der Waals surface area contributed by atoms with Crippen LogP contribution in [0, 0.1) is 0 Å². The van der Waals surface area contributed by atoms with Gasteiger partial charge in [0.1, 0.15) is 10.6 Å². The van der Waals surface area contributed by atoms with E-state index >= 15 is 0 Å². The summed E-state index contributed by atoms with van der Waals surface area (Å²) < 4.78 is 5.29. The number of aromatic hydroxyl groups is 1. The molecule has 178 valence electrons. The molecule has 2 aliphatic rings. The van der Waals surface area contributed by atoms with Crippen molar-refractivity contribution >= 4 is 45.3 Å². The van der Waals surface area contributed by atoms with Gasteiger partial charge in [-0.3, -0.25) is 4.79 Å². The molecule has 36 heavy (non-hydrogen) atoms. The molecule has 7 nitrogen and oxygen atoms in total. The van der Waals surface area contributed by atoms with Gasteiger partial charge in [-0.25, -0.2) is 10.0 Å². The number of nitrogens with zero attached hydrogens (tertiary/aromatic N) is 4. The number of thiazole rings is 1. The van der Waals surface area contributed by atoms with Crippen molar-refractivity contribution in [1.82, 2.24) is 4.98 Å². The molecule has 2 aliphatic heterocycles. The third-order valence-electron chi connectivity index (χ3n) is 6.22. The van der Waals surface area contributed by atoms with Crippen LogP contribution < -0.4 is 20.3 Å². The minimum atomic E-state index is -0.389. The highest BCUT2D eigenvalue weighted by Gasteiger charge is 2.34. The van der Waals surface area contributed by atoms with Crippen LogP contribution in [0.4, 0.5) is 5.13 Å². The van der Waals surface area contributed by atoms with Gasteiger partial charge < -0.3 is 9.84 Å². The van der Waals surface area contributed by atoms with Crippen molar-refractivity contribution in [3.8, 4) is 11.6 Å². The predicted octanol–water partition coefficient (Wildman–Crippen LogP) is 4.23. The summed E-state index contributed by atoms with van der Waals surface area (Å²) in [5.41, 5.74) is 3.20. The van der Waals surface area contributed by atoms with Crippen LogP contribution in [0.25, 0.3) is 5.57 Å². The monoisotopic (exact) mass is 514 g/mol. The maximum absolute atomic E-state index is 12.7. The van der Waals surface area contributed by atoms with Crippen molar-refractivity contribution < 1.29 is 14.6 Å². The normalized spacial score (nSPS) is 16.7. The number of hydrazone groups is 1. The number of benzene rings is 3. The van der Waals surface area contributed by atoms with Gasteiger partial charge in [0.15, 0.2) is 0 Å². The number of anilines is 1. The van der Waals surface area contributed by atoms with Crippen LogP contribution in [0.2, 0.25) is 5.02 Å². The van der Waals surface area contributed by atoms with Crippen molar-refractivity contribution in [2.45, 2.75) is 12.5 Å². The lowest BCUT2D eigenvalue weighted by molar-refractivity contribution is -0.112. The van der Waals surface area contributed by atoms with Crippen LogP contribution in [-0.4, -0.2) is 28.8 Å². The van der Waals surface area contributed by atoms with Crippen LogP contribution >= 0.6 is 22.9 Å². The smallest absolute Gasteiger partial charge is 0.279 e. The molecule has 1 N–H and O–H groups in total. The van der Waals surface area contributed by atoms with Gasteiger partial charge in [0.05, 0.1) is 29.8 Å². The highest BCUT2D eigenvalue weighted by Crippen LogP contribution is 2.43. The van der Waals surface area contributed by atoms with E-state index < -0.39 is 0 Å². The lowest BCUT2D eigenvalue weighted by Crippen LogP contribution is -2.22. The summed E-state index contributed by atoms with van der Waals surface area (Å²) in [6.45, 7) is 0. The van der Waals surface area contributed by atoms with Crippen LogP contribution in [0.15, 0.2) is 82.9 Å². The van der Waals surface area contributed by atoms with Crippen LogP contribution in [-0.2, 0) is 4.79 Å². The fourth-order valence-corrected chi connectivity index (χ4v) is 5.57. The third-order valence-corrected chi connectivity index (χ3v) is 7.52. The van der Waals surface area contributed by atoms with E-state index in [4.69, 9.17) is 21.4 Å². The molecule has 0 saturated carbocycles. The Labute approximate surface area is 215 Å². The zero-order valence-corrected chi connectivity index (χ0v) is 20.6. The van der Waals surface area contributed by atoms with E-state index in [0.717, 1.165) is 22.6 Å². The van der Waals surface area contributed by atoms with Gasteiger partial charge in [-0.15, -0.1) is 0 Å². The quantitative estimate of drug-likeness (QED) is 0.431. The molecule has 0 aliphatic carbocycles. The van der Waals surface area contributed by atoms with E-state index in [-0.39, 0.29) is 17.8 Å². The van der Waals surface area contributed by atoms with Crippen molar-refractivity contribution in [2.75, 3.05) is 12.1 Å². The maximum Gasteiger partial charge on any atom is 0.279 e. The Morgan fingerprint density at radius 2 is 1.81 bits per heavy atom. The predicted molar refractivity (Wildman–Crippen MR) is 139 cm³/mol. The van der Waals surface area contributed by atoms with E-state index in [1.54, 1.807) is 18.2 Å². The number of aromatic nitrogens is 1. The zero-order valence-electron chi connectivity index (χ0n) is 19.1. The molecule has 0 fully saturated rings. The molecule has 3 aromatic carbocycles. The highest BCUT2D eigenvalue weighted by atomic mass is 35.5. The lowest BCUT2D eigenvalue weighted by atomic mass is 9.98. The summed E-state index contributed by atoms with van der Waals surface area (Å²) in [7, 11) is 1.63. The number of methoxy groups -OCH3 is 1. The number of halogens is 1. The summed E-state index contributed by atoms with van der Waals surface area (Å²) in [6, 6.07) is 22.4. The molecule has 0 bridgehead atoms. The van der Waals surface area contributed by atoms with Crippen molar-refractivity contribution in [3.63, 3.8) is 0 Å². The fourth-order valence-electron chi connectivity index (χ4n) is 4.43. The average molecular weight is 515 g/mol. The molecule has 0 radical (unpaired) electrons. The third kappa shape index (κ3) is 3.84. The highest BCUT2D eigenvalue weighted by molar-refractivity contribution is 7.17. The van der Waals surface area contributed by atoms with E-state index in [1.807, 2.05) is 66.7 Å². The number of carbonyl (C=O) groups is 1. The molecular weight excluding hydrogens is 496 g/mol. The number of carbonyl (C=O) groups excluding carboxylic acids is 1. The Hall–Kier alpha value is -4.01. The SMILES string of the molecule is COc1ccc(C2=NN(c3nc(O)c(C4=c5ccccc5=NC4=O)s3)C(c3ccc(Cl)cc3)C2)cc1. The van der Waals surface area contributed by atoms with Crippen LogP contribution in [0.1, 0.15) is 28.5 Å². The standard InChI is InChI=1S/C27H19ClN4O3S/c1-35-18-12-8-15(9-13-18)21-14-22(16-6-10-17(28)11-7-16)32(31-21)27-30-26(34)24(36-27)23-19-4-2-3-5-20(19)29-25(23)33/h2-13,22,34H,14H2,1H3. The second kappa shape index (κ2) is 8.89. The minimum Gasteiger partial charge on any atom is -0.497 e. The Morgan fingerprint density at radius 3 is 2.56 bits per heavy atom. The minimum absolute atomic E-state index is 0.168. The molecule has 6 rings (SSSR count). The molecular formula is C27H19ClN4O3S. The molecule has 4 aromatic rings. The molecule has 3 heterocycles. The van der Waals surface area contributed by atoms with E-state index in [0.29, 0.717) is 37.6 Å². The van der Waals surface area contributed by atoms with Gasteiger partial charge >= 0.3 is 0 Å². The van der Waals surface area contributed by atoms with Gasteiger partial charge in [-0.2, -0.15) is 10.1 Å². The Morgan fingerprint density at radius 1 is 1.06 bits per heavy atom. The fraction of sp³-hybridized carbons (Fsp3) is 0.111. The number of para-hydroxylation sites is 1. The summed E-state index contributed by atoms with van der Waals surface area (Å²) in [5.74, 6) is 0.162. The first-order chi connectivity index (χ1) is 17.5.